The van der Waals surface area contributed by atoms with Crippen LogP contribution in [0.3, 0.4) is 0 Å². The van der Waals surface area contributed by atoms with Crippen molar-refractivity contribution >= 4 is 11.4 Å². The molecule has 2 atom stereocenters. The van der Waals surface area contributed by atoms with Gasteiger partial charge in [-0.25, -0.2) is 0 Å². The van der Waals surface area contributed by atoms with Crippen LogP contribution in [0.4, 0.5) is 0 Å². The Morgan fingerprint density at radius 1 is 0.905 bits per heavy atom. The minimum Gasteiger partial charge on any atom is -0.508 e. The largest absolute Gasteiger partial charge is 0.508 e. The molecule has 2 rings (SSSR count). The summed E-state index contributed by atoms with van der Waals surface area (Å²) >= 11 is -2.37. The molecule has 0 aliphatic rings. The third kappa shape index (κ3) is 4.04. The van der Waals surface area contributed by atoms with E-state index in [0.29, 0.717) is 0 Å². The van der Waals surface area contributed by atoms with E-state index in [9.17, 15) is 14.4 Å². The van der Waals surface area contributed by atoms with E-state index in [-0.39, 0.29) is 17.4 Å². The molecule has 5 nitrogen and oxygen atoms in total. The van der Waals surface area contributed by atoms with E-state index in [0.717, 1.165) is 11.1 Å². The van der Waals surface area contributed by atoms with Crippen LogP contribution in [-0.4, -0.2) is 25.1 Å². The fraction of sp³-hybridized carbons (Fsp3) is 0.200. The van der Waals surface area contributed by atoms with Crippen molar-refractivity contribution in [3.05, 3.63) is 59.7 Å². The van der Waals surface area contributed by atoms with Crippen molar-refractivity contribution in [2.24, 2.45) is 0 Å². The Morgan fingerprint density at radius 3 is 1.62 bits per heavy atom. The molecule has 0 saturated carbocycles. The Bertz CT molecular complexity index is 563. The second-order valence-corrected chi connectivity index (χ2v) is 5.31. The summed E-state index contributed by atoms with van der Waals surface area (Å²) in [5.41, 5.74) is 1.66. The zero-order chi connectivity index (χ0) is 15.4. The molecular formula is C15H16O5S. The summed E-state index contributed by atoms with van der Waals surface area (Å²) in [5, 5.41) is 18.8. The molecule has 0 aliphatic carbocycles. The number of rotatable bonds is 5. The molecule has 112 valence electrons. The first kappa shape index (κ1) is 15.5. The normalized spacial score (nSPS) is 14.0. The topological polar surface area (TPSA) is 87.0 Å². The fourth-order valence-corrected chi connectivity index (χ4v) is 2.65. The first-order valence-corrected chi connectivity index (χ1v) is 7.36. The van der Waals surface area contributed by atoms with Gasteiger partial charge in [0.15, 0.2) is 0 Å². The number of hydrogen-bond acceptors (Lipinski definition) is 4. The average molecular weight is 308 g/mol. The summed E-state index contributed by atoms with van der Waals surface area (Å²) in [7, 11) is 0. The number of hydrogen-bond donors (Lipinski definition) is 3. The van der Waals surface area contributed by atoms with Crippen molar-refractivity contribution in [2.75, 3.05) is 0 Å². The highest BCUT2D eigenvalue weighted by molar-refractivity contribution is 7.74. The summed E-state index contributed by atoms with van der Waals surface area (Å²) in [6.45, 7) is 1.69. The summed E-state index contributed by atoms with van der Waals surface area (Å²) in [6.07, 6.45) is -0.565. The highest BCUT2D eigenvalue weighted by atomic mass is 32.2. The van der Waals surface area contributed by atoms with Crippen LogP contribution in [0.25, 0.3) is 0 Å². The van der Waals surface area contributed by atoms with E-state index in [1.807, 2.05) is 0 Å². The third-order valence-electron chi connectivity index (χ3n) is 3.21. The van der Waals surface area contributed by atoms with Gasteiger partial charge in [0.25, 0.3) is 0 Å². The van der Waals surface area contributed by atoms with Crippen molar-refractivity contribution in [2.45, 2.75) is 18.9 Å². The van der Waals surface area contributed by atoms with Crippen LogP contribution in [0, 0.1) is 0 Å². The lowest BCUT2D eigenvalue weighted by Crippen LogP contribution is -2.21. The van der Waals surface area contributed by atoms with Crippen molar-refractivity contribution in [1.29, 1.82) is 0 Å². The maximum Gasteiger partial charge on any atom is 0.302 e. The molecule has 0 bridgehead atoms. The first-order valence-electron chi connectivity index (χ1n) is 6.33. The summed E-state index contributed by atoms with van der Waals surface area (Å²) in [5.74, 6) is -0.0210. The van der Waals surface area contributed by atoms with Gasteiger partial charge in [-0.05, 0) is 42.3 Å². The molecule has 0 saturated heterocycles. The Morgan fingerprint density at radius 2 is 1.29 bits per heavy atom. The SMILES string of the molecule is CC(OS(=O)O)C(c1ccc(O)cc1)c1ccc(O)cc1. The maximum atomic E-state index is 10.9. The minimum atomic E-state index is -2.37. The Labute approximate surface area is 125 Å². The minimum absolute atomic E-state index is 0.141. The fourth-order valence-electron chi connectivity index (χ4n) is 2.28. The van der Waals surface area contributed by atoms with Crippen LogP contribution in [0.1, 0.15) is 24.0 Å². The van der Waals surface area contributed by atoms with Crippen LogP contribution in [0.15, 0.2) is 48.5 Å². The molecular weight excluding hydrogens is 292 g/mol. The lowest BCUT2D eigenvalue weighted by Gasteiger charge is -2.23. The number of phenolic OH excluding ortho intramolecular Hbond substituents is 2. The Kier molecular flexibility index (Phi) is 4.95. The molecule has 0 radical (unpaired) electrons. The molecule has 0 heterocycles. The van der Waals surface area contributed by atoms with Crippen LogP contribution in [0.2, 0.25) is 0 Å². The molecule has 0 aliphatic heterocycles. The zero-order valence-corrected chi connectivity index (χ0v) is 12.2. The van der Waals surface area contributed by atoms with Crippen LogP contribution >= 0.6 is 0 Å². The second kappa shape index (κ2) is 6.71. The van der Waals surface area contributed by atoms with Gasteiger partial charge in [0.2, 0.25) is 0 Å². The number of benzene rings is 2. The summed E-state index contributed by atoms with van der Waals surface area (Å²) in [4.78, 5) is 0. The highest BCUT2D eigenvalue weighted by Crippen LogP contribution is 2.32. The average Bonchev–Trinajstić information content (AvgIpc) is 2.42. The second-order valence-electron chi connectivity index (χ2n) is 4.68. The third-order valence-corrected chi connectivity index (χ3v) is 3.68. The maximum absolute atomic E-state index is 10.9. The van der Waals surface area contributed by atoms with Crippen molar-refractivity contribution in [3.63, 3.8) is 0 Å². The summed E-state index contributed by atoms with van der Waals surface area (Å²) in [6, 6.07) is 13.1. The van der Waals surface area contributed by atoms with Gasteiger partial charge in [-0.3, -0.25) is 8.74 Å². The predicted molar refractivity (Wildman–Crippen MR) is 79.4 cm³/mol. The van der Waals surface area contributed by atoms with Gasteiger partial charge in [-0.15, -0.1) is 0 Å². The molecule has 21 heavy (non-hydrogen) atoms. The molecule has 6 heteroatoms. The van der Waals surface area contributed by atoms with Gasteiger partial charge in [0.05, 0.1) is 6.10 Å². The lowest BCUT2D eigenvalue weighted by atomic mass is 9.87. The van der Waals surface area contributed by atoms with E-state index in [1.54, 1.807) is 55.5 Å². The Hall–Kier alpha value is -1.89. The standard InChI is InChI=1S/C15H16O5S/c1-10(20-21(18)19)15(11-2-6-13(16)7-3-11)12-4-8-14(17)9-5-12/h2-10,15-17H,1H3,(H,18,19). The van der Waals surface area contributed by atoms with E-state index in [4.69, 9.17) is 8.74 Å². The van der Waals surface area contributed by atoms with E-state index in [1.165, 1.54) is 0 Å². The van der Waals surface area contributed by atoms with Crippen LogP contribution in [-0.2, 0) is 15.5 Å². The quantitative estimate of drug-likeness (QED) is 0.739. The molecule has 2 aromatic carbocycles. The van der Waals surface area contributed by atoms with E-state index in [2.05, 4.69) is 0 Å². The van der Waals surface area contributed by atoms with E-state index >= 15 is 0 Å². The zero-order valence-electron chi connectivity index (χ0n) is 11.3. The molecule has 0 fully saturated rings. The van der Waals surface area contributed by atoms with Crippen molar-refractivity contribution < 1.29 is 23.2 Å². The van der Waals surface area contributed by atoms with Crippen LogP contribution < -0.4 is 0 Å². The van der Waals surface area contributed by atoms with Gasteiger partial charge < -0.3 is 10.2 Å². The predicted octanol–water partition coefficient (Wildman–Crippen LogP) is 2.77. The van der Waals surface area contributed by atoms with Gasteiger partial charge in [-0.2, -0.15) is 4.21 Å². The molecule has 0 aromatic heterocycles. The van der Waals surface area contributed by atoms with Crippen LogP contribution in [0.5, 0.6) is 11.5 Å². The van der Waals surface area contributed by atoms with Gasteiger partial charge in [0, 0.05) is 5.92 Å². The molecule has 2 aromatic rings. The molecule has 0 amide bonds. The molecule has 3 N–H and O–H groups in total. The first-order chi connectivity index (χ1) is 9.97. The molecule has 0 spiro atoms. The van der Waals surface area contributed by atoms with Gasteiger partial charge in [0.1, 0.15) is 11.5 Å². The number of aromatic hydroxyl groups is 2. The van der Waals surface area contributed by atoms with Crippen molar-refractivity contribution in [1.82, 2.24) is 0 Å². The monoisotopic (exact) mass is 308 g/mol. The van der Waals surface area contributed by atoms with E-state index < -0.39 is 17.5 Å². The highest BCUT2D eigenvalue weighted by Gasteiger charge is 2.24. The Balaban J connectivity index is 2.40. The van der Waals surface area contributed by atoms with Gasteiger partial charge in [-0.1, -0.05) is 24.3 Å². The summed E-state index contributed by atoms with van der Waals surface area (Å²) < 4.78 is 24.8. The number of phenols is 2. The van der Waals surface area contributed by atoms with Crippen molar-refractivity contribution in [3.8, 4) is 11.5 Å². The van der Waals surface area contributed by atoms with Gasteiger partial charge >= 0.3 is 11.4 Å². The smallest absolute Gasteiger partial charge is 0.302 e. The lowest BCUT2D eigenvalue weighted by molar-refractivity contribution is 0.204. The molecule has 2 unspecified atom stereocenters.